The first kappa shape index (κ1) is 28.1. The molecular formula is C25H28F3N7O3S. The van der Waals surface area contributed by atoms with Gasteiger partial charge in [-0.25, -0.2) is 18.4 Å². The molecule has 3 aromatic rings. The van der Waals surface area contributed by atoms with Crippen molar-refractivity contribution in [1.82, 2.24) is 19.9 Å². The standard InChI is InChI=1S/C25H28F3N7O3S/c1-34(15-16-6-7-16)23(36)17-8-10-19(11-9-17)32-24-31-14-20(25(26,27)28)21(33-24)30-13-18-5-4-12-29-22(18)35(2)39(3,37)38/h4-5,8-12,14,16H,6-7,13,15H2,1-3H3,(H2,30,31,32,33). The van der Waals surface area contributed by atoms with Crippen LogP contribution in [0.15, 0.2) is 48.8 Å². The minimum absolute atomic E-state index is 0.0749. The van der Waals surface area contributed by atoms with Crippen LogP contribution in [0.1, 0.15) is 34.3 Å². The van der Waals surface area contributed by atoms with Crippen LogP contribution in [0.2, 0.25) is 0 Å². The summed E-state index contributed by atoms with van der Waals surface area (Å²) in [4.78, 5) is 26.1. The number of carbonyl (C=O) groups is 1. The molecule has 2 aromatic heterocycles. The Morgan fingerprint density at radius 2 is 1.79 bits per heavy atom. The van der Waals surface area contributed by atoms with E-state index < -0.39 is 27.6 Å². The highest BCUT2D eigenvalue weighted by Crippen LogP contribution is 2.35. The predicted octanol–water partition coefficient (Wildman–Crippen LogP) is 4.12. The number of halogens is 3. The highest BCUT2D eigenvalue weighted by atomic mass is 32.2. The van der Waals surface area contributed by atoms with Gasteiger partial charge in [0.1, 0.15) is 17.2 Å². The summed E-state index contributed by atoms with van der Waals surface area (Å²) in [7, 11) is -0.587. The molecule has 4 rings (SSSR count). The van der Waals surface area contributed by atoms with E-state index in [1.807, 2.05) is 0 Å². The van der Waals surface area contributed by atoms with Crippen molar-refractivity contribution >= 4 is 39.2 Å². The van der Waals surface area contributed by atoms with Gasteiger partial charge in [-0.1, -0.05) is 6.07 Å². The molecule has 0 atom stereocenters. The normalized spacial score (nSPS) is 13.6. The summed E-state index contributed by atoms with van der Waals surface area (Å²) in [5.74, 6) is -0.0712. The maximum Gasteiger partial charge on any atom is 0.421 e. The Morgan fingerprint density at radius 3 is 2.41 bits per heavy atom. The molecule has 1 saturated carbocycles. The molecule has 1 aliphatic rings. The van der Waals surface area contributed by atoms with Crippen molar-refractivity contribution < 1.29 is 26.4 Å². The minimum Gasteiger partial charge on any atom is -0.365 e. The second-order valence-corrected chi connectivity index (χ2v) is 11.4. The van der Waals surface area contributed by atoms with Crippen LogP contribution in [-0.4, -0.2) is 61.1 Å². The van der Waals surface area contributed by atoms with Gasteiger partial charge >= 0.3 is 6.18 Å². The number of carbonyl (C=O) groups excluding carboxylic acids is 1. The number of benzene rings is 1. The number of hydrogen-bond acceptors (Lipinski definition) is 8. The van der Waals surface area contributed by atoms with Gasteiger partial charge in [0.05, 0.1) is 6.26 Å². The Hall–Kier alpha value is -3.94. The summed E-state index contributed by atoms with van der Waals surface area (Å²) in [6, 6.07) is 9.59. The van der Waals surface area contributed by atoms with Crippen molar-refractivity contribution in [3.05, 3.63) is 65.5 Å². The number of anilines is 4. The first-order chi connectivity index (χ1) is 18.3. The number of nitrogens with one attached hydrogen (secondary N) is 2. The molecule has 2 heterocycles. The van der Waals surface area contributed by atoms with E-state index in [0.717, 1.165) is 23.4 Å². The summed E-state index contributed by atoms with van der Waals surface area (Å²) in [6.07, 6.45) is 0.569. The molecule has 1 fully saturated rings. The van der Waals surface area contributed by atoms with E-state index in [1.54, 1.807) is 48.3 Å². The number of nitrogens with zero attached hydrogens (tertiary/aromatic N) is 5. The molecule has 1 amide bonds. The van der Waals surface area contributed by atoms with Crippen LogP contribution in [0, 0.1) is 5.92 Å². The van der Waals surface area contributed by atoms with Crippen molar-refractivity contribution in [1.29, 1.82) is 0 Å². The molecule has 0 unspecified atom stereocenters. The van der Waals surface area contributed by atoms with E-state index in [9.17, 15) is 26.4 Å². The van der Waals surface area contributed by atoms with E-state index >= 15 is 0 Å². The van der Waals surface area contributed by atoms with Crippen LogP contribution in [0.4, 0.5) is 36.4 Å². The molecule has 0 radical (unpaired) electrons. The Kier molecular flexibility index (Phi) is 7.95. The summed E-state index contributed by atoms with van der Waals surface area (Å²) in [5.41, 5.74) is 0.227. The van der Waals surface area contributed by atoms with Gasteiger partial charge in [0.25, 0.3) is 5.91 Å². The Morgan fingerprint density at radius 1 is 1.10 bits per heavy atom. The average Bonchev–Trinajstić information content (AvgIpc) is 3.70. The Bertz CT molecular complexity index is 1450. The lowest BCUT2D eigenvalue weighted by atomic mass is 10.2. The van der Waals surface area contributed by atoms with Crippen molar-refractivity contribution in [2.75, 3.05) is 41.8 Å². The summed E-state index contributed by atoms with van der Waals surface area (Å²) < 4.78 is 65.9. The van der Waals surface area contributed by atoms with Crippen LogP contribution in [0.3, 0.4) is 0 Å². The second-order valence-electron chi connectivity index (χ2n) is 9.36. The van der Waals surface area contributed by atoms with Crippen molar-refractivity contribution in [2.24, 2.45) is 5.92 Å². The molecule has 1 aromatic carbocycles. The topological polar surface area (TPSA) is 120 Å². The monoisotopic (exact) mass is 563 g/mol. The number of hydrogen-bond donors (Lipinski definition) is 2. The Labute approximate surface area is 224 Å². The molecule has 39 heavy (non-hydrogen) atoms. The van der Waals surface area contributed by atoms with Gasteiger partial charge in [-0.15, -0.1) is 0 Å². The molecule has 0 spiro atoms. The van der Waals surface area contributed by atoms with Gasteiger partial charge in [0.15, 0.2) is 0 Å². The third-order valence-electron chi connectivity index (χ3n) is 6.17. The van der Waals surface area contributed by atoms with Crippen molar-refractivity contribution in [3.8, 4) is 0 Å². The lowest BCUT2D eigenvalue weighted by Gasteiger charge is -2.20. The van der Waals surface area contributed by atoms with E-state index in [0.29, 0.717) is 35.5 Å². The lowest BCUT2D eigenvalue weighted by Crippen LogP contribution is -2.28. The third-order valence-corrected chi connectivity index (χ3v) is 7.34. The van der Waals surface area contributed by atoms with E-state index in [-0.39, 0.29) is 24.2 Å². The lowest BCUT2D eigenvalue weighted by molar-refractivity contribution is -0.137. The first-order valence-electron chi connectivity index (χ1n) is 12.0. The second kappa shape index (κ2) is 11.0. The molecule has 208 valence electrons. The number of amides is 1. The molecular weight excluding hydrogens is 535 g/mol. The number of rotatable bonds is 10. The van der Waals surface area contributed by atoms with Gasteiger partial charge in [0.2, 0.25) is 16.0 Å². The summed E-state index contributed by atoms with van der Waals surface area (Å²) in [6.45, 7) is 0.521. The van der Waals surface area contributed by atoms with Gasteiger partial charge in [-0.05, 0) is 49.1 Å². The van der Waals surface area contributed by atoms with Crippen LogP contribution in [-0.2, 0) is 22.7 Å². The van der Waals surface area contributed by atoms with Crippen LogP contribution < -0.4 is 14.9 Å². The Balaban J connectivity index is 1.52. The smallest absolute Gasteiger partial charge is 0.365 e. The number of aromatic nitrogens is 3. The maximum atomic E-state index is 13.7. The maximum absolute atomic E-state index is 13.7. The SMILES string of the molecule is CN(CC1CC1)C(=O)c1ccc(Nc2ncc(C(F)(F)F)c(NCc3cccnc3N(C)S(C)(=O)=O)n2)cc1. The molecule has 10 nitrogen and oxygen atoms in total. The van der Waals surface area contributed by atoms with E-state index in [1.165, 1.54) is 13.2 Å². The number of pyridine rings is 1. The van der Waals surface area contributed by atoms with Gasteiger partial charge in [0, 0.05) is 56.4 Å². The number of sulfonamides is 1. The highest BCUT2D eigenvalue weighted by molar-refractivity contribution is 7.92. The molecule has 14 heteroatoms. The predicted molar refractivity (Wildman–Crippen MR) is 141 cm³/mol. The minimum atomic E-state index is -4.74. The summed E-state index contributed by atoms with van der Waals surface area (Å²) >= 11 is 0. The van der Waals surface area contributed by atoms with Crippen molar-refractivity contribution in [3.63, 3.8) is 0 Å². The van der Waals surface area contributed by atoms with Crippen LogP contribution in [0.5, 0.6) is 0 Å². The molecule has 1 aliphatic carbocycles. The molecule has 0 aliphatic heterocycles. The fourth-order valence-corrected chi connectivity index (χ4v) is 4.27. The molecule has 0 saturated heterocycles. The molecule has 0 bridgehead atoms. The average molecular weight is 564 g/mol. The molecule has 2 N–H and O–H groups in total. The van der Waals surface area contributed by atoms with E-state index in [4.69, 9.17) is 0 Å². The quantitative estimate of drug-likeness (QED) is 0.378. The largest absolute Gasteiger partial charge is 0.421 e. The fraction of sp³-hybridized carbons (Fsp3) is 0.360. The van der Waals surface area contributed by atoms with Crippen molar-refractivity contribution in [2.45, 2.75) is 25.6 Å². The zero-order valence-corrected chi connectivity index (χ0v) is 22.3. The fourth-order valence-electron chi connectivity index (χ4n) is 3.79. The van der Waals surface area contributed by atoms with Gasteiger partial charge in [-0.2, -0.15) is 18.2 Å². The van der Waals surface area contributed by atoms with Crippen LogP contribution in [0.25, 0.3) is 0 Å². The zero-order valence-electron chi connectivity index (χ0n) is 21.5. The first-order valence-corrected chi connectivity index (χ1v) is 13.9. The third kappa shape index (κ3) is 7.13. The highest BCUT2D eigenvalue weighted by Gasteiger charge is 2.35. The van der Waals surface area contributed by atoms with Crippen LogP contribution >= 0.6 is 0 Å². The zero-order chi connectivity index (χ0) is 28.4. The van der Waals surface area contributed by atoms with Gasteiger partial charge in [-0.3, -0.25) is 9.10 Å². The summed E-state index contributed by atoms with van der Waals surface area (Å²) in [5, 5.41) is 5.50. The van der Waals surface area contributed by atoms with Gasteiger partial charge < -0.3 is 15.5 Å². The number of alkyl halides is 3. The van der Waals surface area contributed by atoms with E-state index in [2.05, 4.69) is 25.6 Å².